The number of rotatable bonds is 1. The van der Waals surface area contributed by atoms with Crippen LogP contribution in [0.5, 0.6) is 17.2 Å². The van der Waals surface area contributed by atoms with Gasteiger partial charge in [0, 0.05) is 23.7 Å². The average Bonchev–Trinajstić information content (AvgIpc) is 2.66. The molecule has 0 saturated carbocycles. The number of anilines is 1. The lowest BCUT2D eigenvalue weighted by molar-refractivity contribution is 0.297. The fourth-order valence-corrected chi connectivity index (χ4v) is 2.40. The van der Waals surface area contributed by atoms with Crippen molar-refractivity contribution in [3.63, 3.8) is 0 Å². The smallest absolute Gasteiger partial charge is 0.169 e. The zero-order valence-electron chi connectivity index (χ0n) is 11.3. The Bertz CT molecular complexity index is 652. The van der Waals surface area contributed by atoms with Crippen LogP contribution in [0.4, 0.5) is 5.69 Å². The summed E-state index contributed by atoms with van der Waals surface area (Å²) in [5.74, 6) is 1.59. The van der Waals surface area contributed by atoms with Gasteiger partial charge in [0.15, 0.2) is 11.5 Å². The van der Waals surface area contributed by atoms with Gasteiger partial charge in [-0.2, -0.15) is 0 Å². The third kappa shape index (κ3) is 2.25. The molecule has 0 amide bonds. The quantitative estimate of drug-likeness (QED) is 0.782. The second kappa shape index (κ2) is 4.96. The minimum Gasteiger partial charge on any atom is -0.508 e. The van der Waals surface area contributed by atoms with Crippen LogP contribution in [0.25, 0.3) is 11.1 Å². The summed E-state index contributed by atoms with van der Waals surface area (Å²) in [4.78, 5) is 0. The van der Waals surface area contributed by atoms with Crippen LogP contribution < -0.4 is 15.2 Å². The van der Waals surface area contributed by atoms with E-state index in [0.29, 0.717) is 30.4 Å². The fraction of sp³-hybridized carbons (Fsp3) is 0.250. The Morgan fingerprint density at radius 3 is 2.70 bits per heavy atom. The number of phenols is 1. The number of phenolic OH excluding ortho intramolecular Hbond substituents is 1. The number of fused-ring (bicyclic) bond motifs is 1. The minimum absolute atomic E-state index is 0.219. The molecule has 4 nitrogen and oxygen atoms in total. The van der Waals surface area contributed by atoms with Gasteiger partial charge in [0.2, 0.25) is 0 Å². The lowest BCUT2D eigenvalue weighted by Crippen LogP contribution is -1.98. The van der Waals surface area contributed by atoms with Gasteiger partial charge >= 0.3 is 0 Å². The molecule has 3 rings (SSSR count). The monoisotopic (exact) mass is 271 g/mol. The molecule has 0 aliphatic carbocycles. The predicted octanol–water partition coefficient (Wildman–Crippen LogP) is 3.11. The zero-order valence-corrected chi connectivity index (χ0v) is 11.3. The highest BCUT2D eigenvalue weighted by atomic mass is 16.5. The summed E-state index contributed by atoms with van der Waals surface area (Å²) in [5, 5.41) is 9.72. The number of nitrogens with two attached hydrogens (primary N) is 1. The molecule has 104 valence electrons. The Labute approximate surface area is 117 Å². The van der Waals surface area contributed by atoms with E-state index in [4.69, 9.17) is 15.2 Å². The maximum absolute atomic E-state index is 9.72. The summed E-state index contributed by atoms with van der Waals surface area (Å²) in [6.07, 6.45) is 0.840. The van der Waals surface area contributed by atoms with Crippen molar-refractivity contribution < 1.29 is 14.6 Å². The van der Waals surface area contributed by atoms with Gasteiger partial charge in [-0.15, -0.1) is 0 Å². The van der Waals surface area contributed by atoms with E-state index in [9.17, 15) is 5.11 Å². The Balaban J connectivity index is 2.22. The predicted molar refractivity (Wildman–Crippen MR) is 78.3 cm³/mol. The number of benzene rings is 2. The highest BCUT2D eigenvalue weighted by Crippen LogP contribution is 2.43. The van der Waals surface area contributed by atoms with Crippen molar-refractivity contribution in [2.75, 3.05) is 18.9 Å². The third-order valence-corrected chi connectivity index (χ3v) is 3.38. The highest BCUT2D eigenvalue weighted by Gasteiger charge is 2.18. The number of hydrogen-bond acceptors (Lipinski definition) is 4. The summed E-state index contributed by atoms with van der Waals surface area (Å²) < 4.78 is 11.5. The van der Waals surface area contributed by atoms with Crippen molar-refractivity contribution >= 4 is 5.69 Å². The third-order valence-electron chi connectivity index (χ3n) is 3.38. The van der Waals surface area contributed by atoms with Crippen molar-refractivity contribution in [2.45, 2.75) is 13.3 Å². The fourth-order valence-electron chi connectivity index (χ4n) is 2.40. The van der Waals surface area contributed by atoms with Gasteiger partial charge in [-0.25, -0.2) is 0 Å². The first kappa shape index (κ1) is 12.7. The first-order valence-corrected chi connectivity index (χ1v) is 6.64. The van der Waals surface area contributed by atoms with E-state index in [0.717, 1.165) is 23.1 Å². The van der Waals surface area contributed by atoms with Gasteiger partial charge in [0.25, 0.3) is 0 Å². The number of aromatic hydroxyl groups is 1. The zero-order chi connectivity index (χ0) is 14.1. The number of hydrogen-bond donors (Lipinski definition) is 2. The molecule has 3 N–H and O–H groups in total. The molecular weight excluding hydrogens is 254 g/mol. The van der Waals surface area contributed by atoms with Crippen molar-refractivity contribution in [3.8, 4) is 28.4 Å². The van der Waals surface area contributed by atoms with E-state index in [1.165, 1.54) is 0 Å². The van der Waals surface area contributed by atoms with E-state index < -0.39 is 0 Å². The van der Waals surface area contributed by atoms with Gasteiger partial charge in [0.1, 0.15) is 5.75 Å². The molecule has 0 unspecified atom stereocenters. The van der Waals surface area contributed by atoms with Crippen LogP contribution in [0.1, 0.15) is 12.0 Å². The Morgan fingerprint density at radius 1 is 1.05 bits per heavy atom. The van der Waals surface area contributed by atoms with Crippen LogP contribution in [0.2, 0.25) is 0 Å². The molecule has 0 radical (unpaired) electrons. The van der Waals surface area contributed by atoms with Gasteiger partial charge in [-0.05, 0) is 36.2 Å². The highest BCUT2D eigenvalue weighted by molar-refractivity contribution is 5.80. The first-order chi connectivity index (χ1) is 9.65. The Morgan fingerprint density at radius 2 is 1.85 bits per heavy atom. The molecule has 20 heavy (non-hydrogen) atoms. The molecule has 0 fully saturated rings. The van der Waals surface area contributed by atoms with E-state index in [1.54, 1.807) is 18.2 Å². The summed E-state index contributed by atoms with van der Waals surface area (Å²) >= 11 is 0. The van der Waals surface area contributed by atoms with Crippen molar-refractivity contribution in [1.29, 1.82) is 0 Å². The molecule has 2 aromatic carbocycles. The molecule has 1 aliphatic heterocycles. The molecule has 4 heteroatoms. The topological polar surface area (TPSA) is 64.7 Å². The molecule has 0 saturated heterocycles. The molecule has 1 heterocycles. The summed E-state index contributed by atoms with van der Waals surface area (Å²) in [5.41, 5.74) is 9.38. The molecule has 0 atom stereocenters. The Hall–Kier alpha value is -2.36. The average molecular weight is 271 g/mol. The van der Waals surface area contributed by atoms with Crippen LogP contribution in [0.3, 0.4) is 0 Å². The maximum atomic E-state index is 9.72. The maximum Gasteiger partial charge on any atom is 0.169 e. The number of ether oxygens (including phenoxy) is 2. The Kier molecular flexibility index (Phi) is 3.14. The van der Waals surface area contributed by atoms with Crippen LogP contribution >= 0.6 is 0 Å². The van der Waals surface area contributed by atoms with Gasteiger partial charge < -0.3 is 20.3 Å². The number of aryl methyl sites for hydroxylation is 1. The lowest BCUT2D eigenvalue weighted by Gasteiger charge is -2.15. The largest absolute Gasteiger partial charge is 0.508 e. The molecule has 0 spiro atoms. The second-order valence-corrected chi connectivity index (χ2v) is 4.95. The van der Waals surface area contributed by atoms with Crippen LogP contribution in [0.15, 0.2) is 30.3 Å². The summed E-state index contributed by atoms with van der Waals surface area (Å²) in [7, 11) is 0. The van der Waals surface area contributed by atoms with E-state index in [1.807, 2.05) is 19.1 Å². The van der Waals surface area contributed by atoms with Gasteiger partial charge in [0.05, 0.1) is 13.2 Å². The SMILES string of the molecule is Cc1ccc(O)cc1-c1cc(N)cc2c1OCCCO2. The molecule has 1 aliphatic rings. The van der Waals surface area contributed by atoms with Gasteiger partial charge in [-0.1, -0.05) is 6.07 Å². The molecule has 0 aromatic heterocycles. The van der Waals surface area contributed by atoms with Crippen molar-refractivity contribution in [3.05, 3.63) is 35.9 Å². The lowest BCUT2D eigenvalue weighted by atomic mass is 9.98. The summed E-state index contributed by atoms with van der Waals surface area (Å²) in [6, 6.07) is 8.90. The minimum atomic E-state index is 0.219. The van der Waals surface area contributed by atoms with E-state index in [2.05, 4.69) is 0 Å². The van der Waals surface area contributed by atoms with Crippen LogP contribution in [0, 0.1) is 6.92 Å². The first-order valence-electron chi connectivity index (χ1n) is 6.64. The number of nitrogen functional groups attached to an aromatic ring is 1. The van der Waals surface area contributed by atoms with Crippen molar-refractivity contribution in [2.24, 2.45) is 0 Å². The van der Waals surface area contributed by atoms with E-state index >= 15 is 0 Å². The van der Waals surface area contributed by atoms with Crippen LogP contribution in [-0.2, 0) is 0 Å². The molecule has 0 bridgehead atoms. The van der Waals surface area contributed by atoms with E-state index in [-0.39, 0.29) is 5.75 Å². The molecular formula is C16H17NO3. The summed E-state index contributed by atoms with van der Waals surface area (Å²) in [6.45, 7) is 3.22. The molecule has 2 aromatic rings. The standard InChI is InChI=1S/C16H17NO3/c1-10-3-4-12(18)9-13(10)14-7-11(17)8-15-16(14)20-6-2-5-19-15/h3-4,7-9,18H,2,5-6,17H2,1H3. The second-order valence-electron chi connectivity index (χ2n) is 4.95. The van der Waals surface area contributed by atoms with Crippen LogP contribution in [-0.4, -0.2) is 18.3 Å². The van der Waals surface area contributed by atoms with Gasteiger partial charge in [-0.3, -0.25) is 0 Å². The normalized spacial score (nSPS) is 13.8. The van der Waals surface area contributed by atoms with Crippen molar-refractivity contribution in [1.82, 2.24) is 0 Å².